The molecule has 0 aliphatic carbocycles. The van der Waals surface area contributed by atoms with Crippen LogP contribution in [0.5, 0.6) is 0 Å². The van der Waals surface area contributed by atoms with Gasteiger partial charge >= 0.3 is 0 Å². The molecule has 0 saturated heterocycles. The predicted octanol–water partition coefficient (Wildman–Crippen LogP) is 2.49. The standard InChI is InChI=1S/C15H19BrN4O/c1-3-7-18-10-11-9-12(16)4-5-14(11)20-8-6-13(19-20)15(21)17-2/h4-6,8-9,18H,3,7,10H2,1-2H3,(H,17,21). The maximum Gasteiger partial charge on any atom is 0.271 e. The first-order valence-electron chi connectivity index (χ1n) is 6.93. The van der Waals surface area contributed by atoms with Gasteiger partial charge in [-0.15, -0.1) is 0 Å². The molecule has 5 nitrogen and oxygen atoms in total. The highest BCUT2D eigenvalue weighted by molar-refractivity contribution is 9.10. The van der Waals surface area contributed by atoms with Crippen molar-refractivity contribution >= 4 is 21.8 Å². The molecular weight excluding hydrogens is 332 g/mol. The predicted molar refractivity (Wildman–Crippen MR) is 86.7 cm³/mol. The zero-order chi connectivity index (χ0) is 15.2. The first-order chi connectivity index (χ1) is 10.2. The monoisotopic (exact) mass is 350 g/mol. The van der Waals surface area contributed by atoms with Crippen LogP contribution in [0.4, 0.5) is 0 Å². The molecule has 1 heterocycles. The van der Waals surface area contributed by atoms with E-state index in [0.717, 1.165) is 35.2 Å². The van der Waals surface area contributed by atoms with Gasteiger partial charge in [-0.3, -0.25) is 4.79 Å². The van der Waals surface area contributed by atoms with Gasteiger partial charge in [0, 0.05) is 24.3 Å². The van der Waals surface area contributed by atoms with E-state index in [1.165, 1.54) is 0 Å². The minimum absolute atomic E-state index is 0.184. The van der Waals surface area contributed by atoms with E-state index < -0.39 is 0 Å². The van der Waals surface area contributed by atoms with Crippen molar-refractivity contribution in [3.05, 3.63) is 46.2 Å². The summed E-state index contributed by atoms with van der Waals surface area (Å²) >= 11 is 3.50. The smallest absolute Gasteiger partial charge is 0.271 e. The third-order valence-corrected chi connectivity index (χ3v) is 3.57. The second kappa shape index (κ2) is 7.38. The first-order valence-corrected chi connectivity index (χ1v) is 7.72. The van der Waals surface area contributed by atoms with E-state index in [2.05, 4.69) is 44.7 Å². The lowest BCUT2D eigenvalue weighted by Gasteiger charge is -2.11. The Bertz CT molecular complexity index is 624. The van der Waals surface area contributed by atoms with Crippen molar-refractivity contribution in [2.24, 2.45) is 0 Å². The Morgan fingerprint density at radius 3 is 2.90 bits per heavy atom. The fourth-order valence-corrected chi connectivity index (χ4v) is 2.43. The lowest BCUT2D eigenvalue weighted by molar-refractivity contribution is 0.0957. The van der Waals surface area contributed by atoms with Gasteiger partial charge < -0.3 is 10.6 Å². The maximum absolute atomic E-state index is 11.6. The van der Waals surface area contributed by atoms with Crippen LogP contribution < -0.4 is 10.6 Å². The van der Waals surface area contributed by atoms with Crippen LogP contribution in [0.1, 0.15) is 29.4 Å². The topological polar surface area (TPSA) is 59.0 Å². The first kappa shape index (κ1) is 15.7. The van der Waals surface area contributed by atoms with Crippen LogP contribution in [0.15, 0.2) is 34.9 Å². The van der Waals surface area contributed by atoms with Crippen LogP contribution in [0.25, 0.3) is 5.69 Å². The van der Waals surface area contributed by atoms with Crippen LogP contribution in [-0.4, -0.2) is 29.3 Å². The zero-order valence-corrected chi connectivity index (χ0v) is 13.8. The number of aromatic nitrogens is 2. The van der Waals surface area contributed by atoms with E-state index in [4.69, 9.17) is 0 Å². The number of rotatable bonds is 6. The Balaban J connectivity index is 2.29. The molecule has 0 fully saturated rings. The Morgan fingerprint density at radius 2 is 2.19 bits per heavy atom. The molecule has 0 unspecified atom stereocenters. The number of nitrogens with zero attached hydrogens (tertiary/aromatic N) is 2. The van der Waals surface area contributed by atoms with Gasteiger partial charge in [-0.05, 0) is 42.8 Å². The molecule has 0 bridgehead atoms. The largest absolute Gasteiger partial charge is 0.354 e. The number of carbonyl (C=O) groups is 1. The summed E-state index contributed by atoms with van der Waals surface area (Å²) in [5.41, 5.74) is 2.51. The molecule has 112 valence electrons. The number of amides is 1. The highest BCUT2D eigenvalue weighted by Gasteiger charge is 2.11. The van der Waals surface area contributed by atoms with Crippen LogP contribution >= 0.6 is 15.9 Å². The number of halogens is 1. The zero-order valence-electron chi connectivity index (χ0n) is 12.2. The quantitative estimate of drug-likeness (QED) is 0.787. The van der Waals surface area contributed by atoms with Crippen molar-refractivity contribution < 1.29 is 4.79 Å². The lowest BCUT2D eigenvalue weighted by atomic mass is 10.2. The summed E-state index contributed by atoms with van der Waals surface area (Å²) in [5.74, 6) is -0.184. The van der Waals surface area contributed by atoms with Crippen molar-refractivity contribution in [2.75, 3.05) is 13.6 Å². The highest BCUT2D eigenvalue weighted by Crippen LogP contribution is 2.20. The Morgan fingerprint density at radius 1 is 1.38 bits per heavy atom. The molecule has 6 heteroatoms. The van der Waals surface area contributed by atoms with E-state index in [0.29, 0.717) is 5.69 Å². The van der Waals surface area contributed by atoms with Crippen molar-refractivity contribution in [1.82, 2.24) is 20.4 Å². The highest BCUT2D eigenvalue weighted by atomic mass is 79.9. The summed E-state index contributed by atoms with van der Waals surface area (Å²) in [6.07, 6.45) is 2.89. The molecule has 0 saturated carbocycles. The molecule has 21 heavy (non-hydrogen) atoms. The summed E-state index contributed by atoms with van der Waals surface area (Å²) in [7, 11) is 1.60. The molecule has 0 atom stereocenters. The van der Waals surface area contributed by atoms with E-state index >= 15 is 0 Å². The van der Waals surface area contributed by atoms with Gasteiger partial charge in [0.1, 0.15) is 0 Å². The van der Waals surface area contributed by atoms with E-state index in [1.807, 2.05) is 12.1 Å². The molecule has 2 aromatic rings. The summed E-state index contributed by atoms with van der Waals surface area (Å²) in [6, 6.07) is 7.75. The van der Waals surface area contributed by atoms with Crippen LogP contribution in [0, 0.1) is 0 Å². The molecule has 1 aromatic carbocycles. The average Bonchev–Trinajstić information content (AvgIpc) is 2.96. The fraction of sp³-hybridized carbons (Fsp3) is 0.333. The van der Waals surface area contributed by atoms with E-state index in [9.17, 15) is 4.79 Å². The third kappa shape index (κ3) is 3.92. The van der Waals surface area contributed by atoms with Gasteiger partial charge in [0.05, 0.1) is 5.69 Å². The Labute approximate surface area is 132 Å². The summed E-state index contributed by atoms with van der Waals surface area (Å²) in [5, 5.41) is 10.3. The number of carbonyl (C=O) groups excluding carboxylic acids is 1. The summed E-state index contributed by atoms with van der Waals surface area (Å²) in [4.78, 5) is 11.6. The maximum atomic E-state index is 11.6. The van der Waals surface area contributed by atoms with Gasteiger partial charge in [0.15, 0.2) is 5.69 Å². The van der Waals surface area contributed by atoms with E-state index in [-0.39, 0.29) is 5.91 Å². The minimum atomic E-state index is -0.184. The van der Waals surface area contributed by atoms with Gasteiger partial charge in [0.2, 0.25) is 0 Å². The number of benzene rings is 1. The van der Waals surface area contributed by atoms with Crippen molar-refractivity contribution in [2.45, 2.75) is 19.9 Å². The summed E-state index contributed by atoms with van der Waals surface area (Å²) in [6.45, 7) is 3.87. The molecule has 0 spiro atoms. The van der Waals surface area contributed by atoms with Gasteiger partial charge in [-0.25, -0.2) is 4.68 Å². The minimum Gasteiger partial charge on any atom is -0.354 e. The third-order valence-electron chi connectivity index (χ3n) is 3.08. The second-order valence-electron chi connectivity index (χ2n) is 4.67. The number of hydrogen-bond acceptors (Lipinski definition) is 3. The molecule has 2 rings (SSSR count). The Hall–Kier alpha value is -1.66. The molecule has 2 N–H and O–H groups in total. The normalized spacial score (nSPS) is 10.6. The van der Waals surface area contributed by atoms with Crippen LogP contribution in [-0.2, 0) is 6.54 Å². The van der Waals surface area contributed by atoms with Crippen LogP contribution in [0.2, 0.25) is 0 Å². The number of nitrogens with one attached hydrogen (secondary N) is 2. The summed E-state index contributed by atoms with van der Waals surface area (Å²) < 4.78 is 2.76. The SMILES string of the molecule is CCCNCc1cc(Br)ccc1-n1ccc(C(=O)NC)n1. The van der Waals surface area contributed by atoms with Crippen molar-refractivity contribution in [3.63, 3.8) is 0 Å². The molecule has 0 aliphatic heterocycles. The van der Waals surface area contributed by atoms with E-state index in [1.54, 1.807) is 24.0 Å². The lowest BCUT2D eigenvalue weighted by Crippen LogP contribution is -2.19. The second-order valence-corrected chi connectivity index (χ2v) is 5.59. The van der Waals surface area contributed by atoms with Crippen molar-refractivity contribution in [1.29, 1.82) is 0 Å². The molecule has 1 amide bonds. The molecule has 1 aromatic heterocycles. The number of hydrogen-bond donors (Lipinski definition) is 2. The average molecular weight is 351 g/mol. The van der Waals surface area contributed by atoms with Crippen molar-refractivity contribution in [3.8, 4) is 5.69 Å². The molecule has 0 radical (unpaired) electrons. The fourth-order valence-electron chi connectivity index (χ4n) is 2.03. The Kier molecular flexibility index (Phi) is 5.52. The van der Waals surface area contributed by atoms with Gasteiger partial charge in [-0.1, -0.05) is 22.9 Å². The molecule has 0 aliphatic rings. The molecular formula is C15H19BrN4O. The van der Waals surface area contributed by atoms with Crippen LogP contribution in [0.3, 0.4) is 0 Å². The van der Waals surface area contributed by atoms with Gasteiger partial charge in [-0.2, -0.15) is 5.10 Å². The van der Waals surface area contributed by atoms with Gasteiger partial charge in [0.25, 0.3) is 5.91 Å².